The molecule has 0 unspecified atom stereocenters. The van der Waals surface area contributed by atoms with Gasteiger partial charge in [-0.25, -0.2) is 4.68 Å². The number of nitrogens with one attached hydrogen (secondary N) is 1. The summed E-state index contributed by atoms with van der Waals surface area (Å²) in [7, 11) is 1.53. The quantitative estimate of drug-likeness (QED) is 0.609. The number of carbonyl (C=O) groups is 1. The first-order valence-corrected chi connectivity index (χ1v) is 8.62. The number of hydrogen-bond acceptors (Lipinski definition) is 7. The van der Waals surface area contributed by atoms with E-state index < -0.39 is 5.91 Å². The fourth-order valence-corrected chi connectivity index (χ4v) is 2.73. The summed E-state index contributed by atoms with van der Waals surface area (Å²) in [5, 5.41) is 14.9. The molecule has 0 saturated carbocycles. The molecule has 1 amide bonds. The number of ether oxygens (including phenoxy) is 2. The molecule has 0 bridgehead atoms. The van der Waals surface area contributed by atoms with Crippen molar-refractivity contribution in [2.45, 2.75) is 32.9 Å². The molecule has 1 aromatic carbocycles. The van der Waals surface area contributed by atoms with Gasteiger partial charge in [0.1, 0.15) is 0 Å². The zero-order valence-electron chi connectivity index (χ0n) is 14.2. The molecule has 0 spiro atoms. The summed E-state index contributed by atoms with van der Waals surface area (Å²) >= 11 is 3.43. The molecule has 0 radical (unpaired) electrons. The van der Waals surface area contributed by atoms with E-state index in [-0.39, 0.29) is 6.61 Å². The van der Waals surface area contributed by atoms with E-state index in [9.17, 15) is 4.79 Å². The van der Waals surface area contributed by atoms with Crippen LogP contribution < -0.4 is 20.5 Å². The van der Waals surface area contributed by atoms with Crippen LogP contribution in [0.1, 0.15) is 25.3 Å². The van der Waals surface area contributed by atoms with E-state index in [0.29, 0.717) is 28.5 Å². The van der Waals surface area contributed by atoms with Crippen molar-refractivity contribution >= 4 is 27.8 Å². The maximum atomic E-state index is 10.9. The van der Waals surface area contributed by atoms with Gasteiger partial charge in [-0.05, 0) is 50.5 Å². The molecule has 10 heteroatoms. The molecule has 136 valence electrons. The van der Waals surface area contributed by atoms with Gasteiger partial charge in [0.2, 0.25) is 5.95 Å². The number of halogens is 1. The van der Waals surface area contributed by atoms with Crippen molar-refractivity contribution in [1.29, 1.82) is 0 Å². The van der Waals surface area contributed by atoms with Crippen LogP contribution in [0, 0.1) is 0 Å². The minimum atomic E-state index is -0.557. The summed E-state index contributed by atoms with van der Waals surface area (Å²) in [5.41, 5.74) is 6.04. The summed E-state index contributed by atoms with van der Waals surface area (Å²) in [4.78, 5) is 10.9. The molecule has 9 nitrogen and oxygen atoms in total. The minimum Gasteiger partial charge on any atom is -0.493 e. The number of hydrogen-bond donors (Lipinski definition) is 2. The number of aryl methyl sites for hydroxylation is 1. The van der Waals surface area contributed by atoms with Gasteiger partial charge in [0.15, 0.2) is 18.1 Å². The van der Waals surface area contributed by atoms with Gasteiger partial charge in [0, 0.05) is 13.1 Å². The van der Waals surface area contributed by atoms with Crippen molar-refractivity contribution in [2.75, 3.05) is 19.0 Å². The smallest absolute Gasteiger partial charge is 0.255 e. The van der Waals surface area contributed by atoms with E-state index in [1.54, 1.807) is 4.68 Å². The Morgan fingerprint density at radius 2 is 2.24 bits per heavy atom. The van der Waals surface area contributed by atoms with Crippen molar-refractivity contribution in [3.05, 3.63) is 22.2 Å². The van der Waals surface area contributed by atoms with Gasteiger partial charge in [-0.1, -0.05) is 18.4 Å². The monoisotopic (exact) mass is 412 g/mol. The fourth-order valence-electron chi connectivity index (χ4n) is 2.13. The van der Waals surface area contributed by atoms with Gasteiger partial charge in [-0.2, -0.15) is 0 Å². The molecule has 0 saturated heterocycles. The molecule has 0 fully saturated rings. The van der Waals surface area contributed by atoms with E-state index in [2.05, 4.69) is 43.7 Å². The average molecular weight is 413 g/mol. The Labute approximate surface area is 154 Å². The van der Waals surface area contributed by atoms with Crippen LogP contribution in [0.3, 0.4) is 0 Å². The number of nitrogens with two attached hydrogens (primary N) is 1. The number of primary amides is 1. The molecule has 0 aliphatic rings. The lowest BCUT2D eigenvalue weighted by molar-refractivity contribution is -0.119. The number of anilines is 1. The SMILES string of the molecule is CCCCn1nnnc1NCc1cc(Br)c(OCC(N)=O)c(OC)c1. The van der Waals surface area contributed by atoms with Crippen LogP contribution in [0.4, 0.5) is 5.95 Å². The van der Waals surface area contributed by atoms with E-state index in [4.69, 9.17) is 15.2 Å². The normalized spacial score (nSPS) is 10.5. The second kappa shape index (κ2) is 9.21. The van der Waals surface area contributed by atoms with Crippen molar-refractivity contribution in [3.63, 3.8) is 0 Å². The second-order valence-corrected chi connectivity index (χ2v) is 6.15. The molecular weight excluding hydrogens is 392 g/mol. The van der Waals surface area contributed by atoms with Crippen LogP contribution in [0.25, 0.3) is 0 Å². The van der Waals surface area contributed by atoms with Gasteiger partial charge < -0.3 is 20.5 Å². The van der Waals surface area contributed by atoms with Gasteiger partial charge in [0.25, 0.3) is 5.91 Å². The van der Waals surface area contributed by atoms with Crippen LogP contribution >= 0.6 is 15.9 Å². The van der Waals surface area contributed by atoms with Crippen LogP contribution in [-0.2, 0) is 17.9 Å². The summed E-state index contributed by atoms with van der Waals surface area (Å²) in [6.45, 7) is 3.15. The van der Waals surface area contributed by atoms with E-state index in [1.165, 1.54) is 7.11 Å². The minimum absolute atomic E-state index is 0.223. The Morgan fingerprint density at radius 3 is 2.92 bits per heavy atom. The molecule has 3 N–H and O–H groups in total. The Bertz CT molecular complexity index is 721. The van der Waals surface area contributed by atoms with Gasteiger partial charge >= 0.3 is 0 Å². The zero-order valence-corrected chi connectivity index (χ0v) is 15.7. The Kier molecular flexibility index (Phi) is 6.99. The Balaban J connectivity index is 2.09. The van der Waals surface area contributed by atoms with Crippen molar-refractivity contribution in [1.82, 2.24) is 20.2 Å². The molecule has 25 heavy (non-hydrogen) atoms. The highest BCUT2D eigenvalue weighted by atomic mass is 79.9. The first kappa shape index (κ1) is 19.0. The van der Waals surface area contributed by atoms with Crippen molar-refractivity contribution in [3.8, 4) is 11.5 Å². The number of rotatable bonds is 10. The highest BCUT2D eigenvalue weighted by molar-refractivity contribution is 9.10. The second-order valence-electron chi connectivity index (χ2n) is 5.30. The van der Waals surface area contributed by atoms with Crippen LogP contribution in [0.2, 0.25) is 0 Å². The Hall–Kier alpha value is -2.36. The first-order chi connectivity index (χ1) is 12.0. The number of nitrogens with zero attached hydrogens (tertiary/aromatic N) is 4. The standard InChI is InChI=1S/C15H21BrN6O3/c1-3-4-5-22-15(19-20-21-22)18-8-10-6-11(16)14(12(7-10)24-2)25-9-13(17)23/h6-7H,3-5,8-9H2,1-2H3,(H2,17,23)(H,18,19,21). The fraction of sp³-hybridized carbons (Fsp3) is 0.467. The first-order valence-electron chi connectivity index (χ1n) is 7.82. The van der Waals surface area contributed by atoms with Crippen LogP contribution in [0.5, 0.6) is 11.5 Å². The highest BCUT2D eigenvalue weighted by Gasteiger charge is 2.13. The molecule has 2 aromatic rings. The number of carbonyl (C=O) groups excluding carboxylic acids is 1. The van der Waals surface area contributed by atoms with E-state index in [0.717, 1.165) is 24.9 Å². The lowest BCUT2D eigenvalue weighted by Crippen LogP contribution is -2.20. The molecule has 2 rings (SSSR count). The molecule has 1 heterocycles. The van der Waals surface area contributed by atoms with Crippen LogP contribution in [-0.4, -0.2) is 39.8 Å². The van der Waals surface area contributed by atoms with Gasteiger partial charge in [-0.3, -0.25) is 4.79 Å². The summed E-state index contributed by atoms with van der Waals surface area (Å²) in [5.74, 6) is 0.979. The number of aromatic nitrogens is 4. The maximum Gasteiger partial charge on any atom is 0.255 e. The number of amides is 1. The zero-order chi connectivity index (χ0) is 18.2. The van der Waals surface area contributed by atoms with Crippen molar-refractivity contribution in [2.24, 2.45) is 5.73 Å². The molecule has 0 aliphatic carbocycles. The largest absolute Gasteiger partial charge is 0.493 e. The maximum absolute atomic E-state index is 10.9. The van der Waals surface area contributed by atoms with Crippen LogP contribution in [0.15, 0.2) is 16.6 Å². The van der Waals surface area contributed by atoms with E-state index in [1.807, 2.05) is 12.1 Å². The third kappa shape index (κ3) is 5.31. The summed E-state index contributed by atoms with van der Waals surface area (Å²) in [6.07, 6.45) is 2.07. The van der Waals surface area contributed by atoms with Crippen molar-refractivity contribution < 1.29 is 14.3 Å². The van der Waals surface area contributed by atoms with Gasteiger partial charge in [0.05, 0.1) is 11.6 Å². The summed E-state index contributed by atoms with van der Waals surface area (Å²) in [6, 6.07) is 3.68. The average Bonchev–Trinajstić information content (AvgIpc) is 3.03. The number of benzene rings is 1. The lowest BCUT2D eigenvalue weighted by Gasteiger charge is -2.14. The van der Waals surface area contributed by atoms with E-state index >= 15 is 0 Å². The highest BCUT2D eigenvalue weighted by Crippen LogP contribution is 2.36. The molecule has 0 aliphatic heterocycles. The molecule has 0 atom stereocenters. The number of tetrazole rings is 1. The van der Waals surface area contributed by atoms with Gasteiger partial charge in [-0.15, -0.1) is 0 Å². The predicted molar refractivity (Wildman–Crippen MR) is 95.4 cm³/mol. The number of methoxy groups -OCH3 is 1. The third-order valence-electron chi connectivity index (χ3n) is 3.35. The molecular formula is C15H21BrN6O3. The molecule has 1 aromatic heterocycles. The third-order valence-corrected chi connectivity index (χ3v) is 3.94. The number of unbranched alkanes of at least 4 members (excludes halogenated alkanes) is 1. The topological polar surface area (TPSA) is 117 Å². The predicted octanol–water partition coefficient (Wildman–Crippen LogP) is 1.72. The lowest BCUT2D eigenvalue weighted by atomic mass is 10.2. The Morgan fingerprint density at radius 1 is 1.44 bits per heavy atom. The summed E-state index contributed by atoms with van der Waals surface area (Å²) < 4.78 is 13.1.